The number of benzene rings is 2. The highest BCUT2D eigenvalue weighted by Gasteiger charge is 2.15. The summed E-state index contributed by atoms with van der Waals surface area (Å²) >= 11 is 0. The number of methoxy groups -OCH3 is 1. The summed E-state index contributed by atoms with van der Waals surface area (Å²) in [6, 6.07) is 12.8. The Labute approximate surface area is 159 Å². The first-order valence-corrected chi connectivity index (χ1v) is 8.59. The number of carbonyl (C=O) groups is 2. The molecule has 0 heterocycles. The predicted octanol–water partition coefficient (Wildman–Crippen LogP) is 2.34. The van der Waals surface area contributed by atoms with Gasteiger partial charge in [0.1, 0.15) is 11.5 Å². The van der Waals surface area contributed by atoms with Crippen molar-refractivity contribution in [3.8, 4) is 11.5 Å². The van der Waals surface area contributed by atoms with Crippen molar-refractivity contribution in [3.05, 3.63) is 53.6 Å². The largest absolute Gasteiger partial charge is 0.497 e. The van der Waals surface area contributed by atoms with E-state index >= 15 is 0 Å². The third-order valence-corrected chi connectivity index (χ3v) is 3.89. The second-order valence-electron chi connectivity index (χ2n) is 6.14. The third-order valence-electron chi connectivity index (χ3n) is 3.89. The van der Waals surface area contributed by atoms with Gasteiger partial charge in [0.25, 0.3) is 11.8 Å². The van der Waals surface area contributed by atoms with Gasteiger partial charge in [0, 0.05) is 5.69 Å². The van der Waals surface area contributed by atoms with Crippen LogP contribution in [-0.2, 0) is 9.59 Å². The molecule has 2 amide bonds. The van der Waals surface area contributed by atoms with Crippen LogP contribution in [0.4, 0.5) is 5.69 Å². The van der Waals surface area contributed by atoms with Gasteiger partial charge in [-0.2, -0.15) is 0 Å². The molecule has 7 heteroatoms. The maximum absolute atomic E-state index is 12.0. The molecule has 144 valence electrons. The smallest absolute Gasteiger partial charge is 0.279 e. The molecule has 0 aromatic heterocycles. The molecule has 0 aliphatic heterocycles. The zero-order chi connectivity index (χ0) is 19.8. The monoisotopic (exact) mass is 371 g/mol. The summed E-state index contributed by atoms with van der Waals surface area (Å²) in [5.41, 5.74) is 7.80. The normalized spacial score (nSPS) is 11.3. The van der Waals surface area contributed by atoms with Crippen molar-refractivity contribution in [2.45, 2.75) is 26.9 Å². The highest BCUT2D eigenvalue weighted by molar-refractivity contribution is 5.86. The predicted molar refractivity (Wildman–Crippen MR) is 104 cm³/mol. The van der Waals surface area contributed by atoms with E-state index in [4.69, 9.17) is 9.47 Å². The van der Waals surface area contributed by atoms with E-state index in [0.717, 1.165) is 16.8 Å². The highest BCUT2D eigenvalue weighted by atomic mass is 16.5. The molecule has 2 aromatic carbocycles. The van der Waals surface area contributed by atoms with E-state index in [-0.39, 0.29) is 12.5 Å². The number of hydrogen-bond donors (Lipinski definition) is 3. The van der Waals surface area contributed by atoms with Gasteiger partial charge in [-0.15, -0.1) is 0 Å². The number of hydrogen-bond acceptors (Lipinski definition) is 5. The number of carbonyl (C=O) groups excluding carboxylic acids is 2. The number of nitrogens with one attached hydrogen (secondary N) is 3. The van der Waals surface area contributed by atoms with E-state index in [1.54, 1.807) is 38.3 Å². The molecule has 0 saturated carbocycles. The van der Waals surface area contributed by atoms with Gasteiger partial charge >= 0.3 is 0 Å². The molecule has 0 spiro atoms. The number of hydrazine groups is 1. The number of ether oxygens (including phenoxy) is 2. The van der Waals surface area contributed by atoms with Gasteiger partial charge in [0.15, 0.2) is 6.10 Å². The molecule has 1 atom stereocenters. The Morgan fingerprint density at radius 2 is 1.67 bits per heavy atom. The maximum atomic E-state index is 12.0. The van der Waals surface area contributed by atoms with Crippen LogP contribution >= 0.6 is 0 Å². The molecule has 27 heavy (non-hydrogen) atoms. The van der Waals surface area contributed by atoms with Crippen LogP contribution in [0.1, 0.15) is 18.1 Å². The zero-order valence-electron chi connectivity index (χ0n) is 16.0. The minimum atomic E-state index is -0.772. The van der Waals surface area contributed by atoms with E-state index in [1.165, 1.54) is 0 Å². The summed E-state index contributed by atoms with van der Waals surface area (Å²) in [5, 5.41) is 3.04. The Balaban J connectivity index is 1.75. The first-order chi connectivity index (χ1) is 12.9. The molecule has 0 bridgehead atoms. The van der Waals surface area contributed by atoms with Gasteiger partial charge in [-0.3, -0.25) is 20.4 Å². The lowest BCUT2D eigenvalue weighted by atomic mass is 10.1. The summed E-state index contributed by atoms with van der Waals surface area (Å²) in [5.74, 6) is 0.412. The van der Waals surface area contributed by atoms with Crippen molar-refractivity contribution in [1.29, 1.82) is 0 Å². The number of anilines is 1. The number of aryl methyl sites for hydroxylation is 2. The molecule has 0 fully saturated rings. The average molecular weight is 371 g/mol. The third kappa shape index (κ3) is 6.22. The standard InChI is InChI=1S/C20H25N3O4/c1-13-5-10-18(14(2)11-13)21-12-19(24)22-23-20(25)15(3)27-17-8-6-16(26-4)7-9-17/h5-11,15,21H,12H2,1-4H3,(H,22,24)(H,23,25). The summed E-state index contributed by atoms with van der Waals surface area (Å²) in [4.78, 5) is 24.0. The molecule has 3 N–H and O–H groups in total. The molecule has 0 aliphatic rings. The molecule has 2 rings (SSSR count). The van der Waals surface area contributed by atoms with Crippen LogP contribution in [0.2, 0.25) is 0 Å². The van der Waals surface area contributed by atoms with Gasteiger partial charge in [-0.1, -0.05) is 17.7 Å². The zero-order valence-corrected chi connectivity index (χ0v) is 16.0. The Morgan fingerprint density at radius 3 is 2.30 bits per heavy atom. The van der Waals surface area contributed by atoms with E-state index in [0.29, 0.717) is 11.5 Å². The van der Waals surface area contributed by atoms with Gasteiger partial charge in [-0.05, 0) is 56.7 Å². The number of amides is 2. The van der Waals surface area contributed by atoms with Crippen LogP contribution in [0.5, 0.6) is 11.5 Å². The SMILES string of the molecule is COc1ccc(OC(C)C(=O)NNC(=O)CNc2ccc(C)cc2C)cc1. The van der Waals surface area contributed by atoms with Gasteiger partial charge in [0.05, 0.1) is 13.7 Å². The van der Waals surface area contributed by atoms with Crippen LogP contribution in [0.25, 0.3) is 0 Å². The van der Waals surface area contributed by atoms with Crippen LogP contribution in [0, 0.1) is 13.8 Å². The van der Waals surface area contributed by atoms with Crippen molar-refractivity contribution >= 4 is 17.5 Å². The Morgan fingerprint density at radius 1 is 1.00 bits per heavy atom. The summed E-state index contributed by atoms with van der Waals surface area (Å²) in [6.07, 6.45) is -0.772. The maximum Gasteiger partial charge on any atom is 0.279 e. The van der Waals surface area contributed by atoms with Crippen molar-refractivity contribution in [1.82, 2.24) is 10.9 Å². The van der Waals surface area contributed by atoms with Crippen LogP contribution in [0.3, 0.4) is 0 Å². The van der Waals surface area contributed by atoms with Crippen molar-refractivity contribution in [2.24, 2.45) is 0 Å². The fourth-order valence-electron chi connectivity index (χ4n) is 2.38. The van der Waals surface area contributed by atoms with Gasteiger partial charge < -0.3 is 14.8 Å². The molecule has 7 nitrogen and oxygen atoms in total. The lowest BCUT2D eigenvalue weighted by molar-refractivity contribution is -0.132. The molecular weight excluding hydrogens is 346 g/mol. The van der Waals surface area contributed by atoms with E-state index in [1.807, 2.05) is 32.0 Å². The summed E-state index contributed by atoms with van der Waals surface area (Å²) < 4.78 is 10.6. The Bertz CT molecular complexity index is 790. The van der Waals surface area contributed by atoms with E-state index in [9.17, 15) is 9.59 Å². The van der Waals surface area contributed by atoms with Gasteiger partial charge in [-0.25, -0.2) is 0 Å². The number of rotatable bonds is 7. The second kappa shape index (κ2) is 9.47. The van der Waals surface area contributed by atoms with E-state index < -0.39 is 12.0 Å². The lowest BCUT2D eigenvalue weighted by Crippen LogP contribution is -2.48. The Hall–Kier alpha value is -3.22. The van der Waals surface area contributed by atoms with Crippen LogP contribution < -0.4 is 25.6 Å². The van der Waals surface area contributed by atoms with Crippen LogP contribution in [0.15, 0.2) is 42.5 Å². The van der Waals surface area contributed by atoms with E-state index in [2.05, 4.69) is 16.2 Å². The Kier molecular flexibility index (Phi) is 7.05. The first kappa shape index (κ1) is 20.1. The summed E-state index contributed by atoms with van der Waals surface area (Å²) in [7, 11) is 1.57. The first-order valence-electron chi connectivity index (χ1n) is 8.59. The molecule has 0 aliphatic carbocycles. The van der Waals surface area contributed by atoms with Crippen LogP contribution in [-0.4, -0.2) is 31.6 Å². The molecule has 0 radical (unpaired) electrons. The van der Waals surface area contributed by atoms with Crippen molar-refractivity contribution in [2.75, 3.05) is 19.0 Å². The van der Waals surface area contributed by atoms with Crippen molar-refractivity contribution in [3.63, 3.8) is 0 Å². The van der Waals surface area contributed by atoms with Gasteiger partial charge in [0.2, 0.25) is 0 Å². The average Bonchev–Trinajstić information content (AvgIpc) is 2.66. The fraction of sp³-hybridized carbons (Fsp3) is 0.300. The molecule has 0 saturated heterocycles. The quantitative estimate of drug-likeness (QED) is 0.650. The molecule has 1 unspecified atom stereocenters. The van der Waals surface area contributed by atoms with Crippen molar-refractivity contribution < 1.29 is 19.1 Å². The lowest BCUT2D eigenvalue weighted by Gasteiger charge is -2.16. The topological polar surface area (TPSA) is 88.7 Å². The molecular formula is C20H25N3O4. The molecule has 2 aromatic rings. The highest BCUT2D eigenvalue weighted by Crippen LogP contribution is 2.18. The second-order valence-corrected chi connectivity index (χ2v) is 6.14. The minimum absolute atomic E-state index is 0.0396. The summed E-state index contributed by atoms with van der Waals surface area (Å²) in [6.45, 7) is 5.61. The minimum Gasteiger partial charge on any atom is -0.497 e. The fourth-order valence-corrected chi connectivity index (χ4v) is 2.38.